The zero-order chi connectivity index (χ0) is 18.8. The SMILES string of the molecule is CN(C)C(=O)CNC(=NCc1ccc(Br)cc1)NCCN1CCCCC1.I. The minimum absolute atomic E-state index is 0. The highest BCUT2D eigenvalue weighted by Crippen LogP contribution is 2.11. The second-order valence-electron chi connectivity index (χ2n) is 6.76. The molecule has 1 aromatic rings. The summed E-state index contributed by atoms with van der Waals surface area (Å²) in [5.41, 5.74) is 1.13. The van der Waals surface area contributed by atoms with Crippen molar-refractivity contribution in [2.24, 2.45) is 4.99 Å². The Balaban J connectivity index is 0.00000364. The number of nitrogens with one attached hydrogen (secondary N) is 2. The lowest BCUT2D eigenvalue weighted by molar-refractivity contribution is -0.127. The molecule has 8 heteroatoms. The van der Waals surface area contributed by atoms with Crippen LogP contribution in [0, 0.1) is 0 Å². The van der Waals surface area contributed by atoms with Gasteiger partial charge in [0.25, 0.3) is 0 Å². The molecule has 0 radical (unpaired) electrons. The summed E-state index contributed by atoms with van der Waals surface area (Å²) >= 11 is 3.44. The molecule has 1 fully saturated rings. The Morgan fingerprint density at radius 3 is 2.44 bits per heavy atom. The Kier molecular flexibility index (Phi) is 11.9. The summed E-state index contributed by atoms with van der Waals surface area (Å²) in [4.78, 5) is 20.5. The van der Waals surface area contributed by atoms with Gasteiger partial charge >= 0.3 is 0 Å². The average Bonchev–Trinajstić information content (AvgIpc) is 2.65. The molecule has 2 rings (SSSR count). The van der Waals surface area contributed by atoms with Crippen LogP contribution < -0.4 is 10.6 Å². The lowest BCUT2D eigenvalue weighted by atomic mass is 10.1. The number of halogens is 2. The maximum Gasteiger partial charge on any atom is 0.241 e. The van der Waals surface area contributed by atoms with E-state index >= 15 is 0 Å². The molecular weight excluding hydrogens is 521 g/mol. The fourth-order valence-corrected chi connectivity index (χ4v) is 3.03. The van der Waals surface area contributed by atoms with E-state index in [2.05, 4.69) is 36.5 Å². The molecule has 1 amide bonds. The second-order valence-corrected chi connectivity index (χ2v) is 7.68. The predicted molar refractivity (Wildman–Crippen MR) is 126 cm³/mol. The molecule has 0 aromatic heterocycles. The lowest BCUT2D eigenvalue weighted by Crippen LogP contribution is -2.45. The zero-order valence-electron chi connectivity index (χ0n) is 16.2. The first kappa shape index (κ1) is 24.2. The summed E-state index contributed by atoms with van der Waals surface area (Å²) in [6.07, 6.45) is 3.93. The molecule has 6 nitrogen and oxygen atoms in total. The van der Waals surface area contributed by atoms with Gasteiger partial charge in [0, 0.05) is 31.7 Å². The molecule has 152 valence electrons. The number of carbonyl (C=O) groups excluding carboxylic acids is 1. The summed E-state index contributed by atoms with van der Waals surface area (Å²) in [6, 6.07) is 8.11. The van der Waals surface area contributed by atoms with Gasteiger partial charge < -0.3 is 20.4 Å². The smallest absolute Gasteiger partial charge is 0.241 e. The van der Waals surface area contributed by atoms with Crippen molar-refractivity contribution in [3.63, 3.8) is 0 Å². The Morgan fingerprint density at radius 1 is 1.15 bits per heavy atom. The summed E-state index contributed by atoms with van der Waals surface area (Å²) < 4.78 is 1.06. The van der Waals surface area contributed by atoms with E-state index in [-0.39, 0.29) is 36.4 Å². The fourth-order valence-electron chi connectivity index (χ4n) is 2.77. The molecule has 0 bridgehead atoms. The van der Waals surface area contributed by atoms with E-state index in [1.807, 2.05) is 24.3 Å². The number of carbonyl (C=O) groups is 1. The summed E-state index contributed by atoms with van der Waals surface area (Å²) in [7, 11) is 3.51. The third kappa shape index (κ3) is 9.75. The second kappa shape index (κ2) is 13.3. The molecular formula is C19H31BrIN5O. The number of likely N-dealkylation sites (tertiary alicyclic amines) is 1. The van der Waals surface area contributed by atoms with E-state index in [9.17, 15) is 4.79 Å². The van der Waals surface area contributed by atoms with E-state index in [4.69, 9.17) is 0 Å². The first-order valence-corrected chi connectivity index (χ1v) is 10.0. The van der Waals surface area contributed by atoms with Crippen molar-refractivity contribution < 1.29 is 4.79 Å². The average molecular weight is 552 g/mol. The minimum Gasteiger partial charge on any atom is -0.355 e. The van der Waals surface area contributed by atoms with Gasteiger partial charge in [0.2, 0.25) is 5.91 Å². The van der Waals surface area contributed by atoms with Crippen LogP contribution in [-0.4, -0.2) is 68.5 Å². The summed E-state index contributed by atoms with van der Waals surface area (Å²) in [5.74, 6) is 0.708. The van der Waals surface area contributed by atoms with Gasteiger partial charge in [0.1, 0.15) is 0 Å². The summed E-state index contributed by atoms with van der Waals surface area (Å²) in [5, 5.41) is 6.50. The maximum absolute atomic E-state index is 11.8. The number of benzene rings is 1. The van der Waals surface area contributed by atoms with E-state index in [0.717, 1.165) is 23.1 Å². The van der Waals surface area contributed by atoms with Crippen LogP contribution in [0.3, 0.4) is 0 Å². The molecule has 0 atom stereocenters. The van der Waals surface area contributed by atoms with Crippen molar-refractivity contribution in [3.05, 3.63) is 34.3 Å². The monoisotopic (exact) mass is 551 g/mol. The number of guanidine groups is 1. The molecule has 0 aliphatic carbocycles. The van der Waals surface area contributed by atoms with Crippen molar-refractivity contribution in [1.29, 1.82) is 0 Å². The highest BCUT2D eigenvalue weighted by Gasteiger charge is 2.10. The molecule has 27 heavy (non-hydrogen) atoms. The Morgan fingerprint density at radius 2 is 1.81 bits per heavy atom. The highest BCUT2D eigenvalue weighted by molar-refractivity contribution is 14.0. The Bertz CT molecular complexity index is 588. The van der Waals surface area contributed by atoms with Crippen LogP contribution in [0.2, 0.25) is 0 Å². The van der Waals surface area contributed by atoms with Gasteiger partial charge in [-0.25, -0.2) is 4.99 Å². The number of rotatable bonds is 7. The van der Waals surface area contributed by atoms with Gasteiger partial charge in [-0.1, -0.05) is 34.5 Å². The number of hydrogen-bond donors (Lipinski definition) is 2. The van der Waals surface area contributed by atoms with Gasteiger partial charge in [-0.15, -0.1) is 24.0 Å². The quantitative estimate of drug-likeness (QED) is 0.311. The van der Waals surface area contributed by atoms with Crippen LogP contribution in [0.1, 0.15) is 24.8 Å². The lowest BCUT2D eigenvalue weighted by Gasteiger charge is -2.26. The third-order valence-corrected chi connectivity index (χ3v) is 4.94. The highest BCUT2D eigenvalue weighted by atomic mass is 127. The van der Waals surface area contributed by atoms with Crippen molar-refractivity contribution in [3.8, 4) is 0 Å². The molecule has 2 N–H and O–H groups in total. The van der Waals surface area contributed by atoms with Crippen molar-refractivity contribution in [2.75, 3.05) is 46.8 Å². The maximum atomic E-state index is 11.8. The van der Waals surface area contributed by atoms with Crippen LogP contribution >= 0.6 is 39.9 Å². The number of likely N-dealkylation sites (N-methyl/N-ethyl adjacent to an activating group) is 1. The van der Waals surface area contributed by atoms with Crippen LogP contribution in [0.4, 0.5) is 0 Å². The number of piperidine rings is 1. The largest absolute Gasteiger partial charge is 0.355 e. The van der Waals surface area contributed by atoms with E-state index in [0.29, 0.717) is 12.5 Å². The van der Waals surface area contributed by atoms with Crippen LogP contribution in [0.15, 0.2) is 33.7 Å². The molecule has 1 aromatic carbocycles. The minimum atomic E-state index is 0. The van der Waals surface area contributed by atoms with Crippen molar-refractivity contribution >= 4 is 51.8 Å². The molecule has 1 heterocycles. The molecule has 0 saturated carbocycles. The number of hydrogen-bond acceptors (Lipinski definition) is 3. The third-order valence-electron chi connectivity index (χ3n) is 4.41. The Hall–Kier alpha value is -0.870. The van der Waals surface area contributed by atoms with Crippen LogP contribution in [-0.2, 0) is 11.3 Å². The predicted octanol–water partition coefficient (Wildman–Crippen LogP) is 2.68. The van der Waals surface area contributed by atoms with Crippen molar-refractivity contribution in [1.82, 2.24) is 20.4 Å². The van der Waals surface area contributed by atoms with Crippen LogP contribution in [0.5, 0.6) is 0 Å². The van der Waals surface area contributed by atoms with E-state index in [1.165, 1.54) is 32.4 Å². The first-order chi connectivity index (χ1) is 12.5. The molecule has 0 spiro atoms. The van der Waals surface area contributed by atoms with Gasteiger partial charge in [0.15, 0.2) is 5.96 Å². The normalized spacial score (nSPS) is 15.0. The van der Waals surface area contributed by atoms with E-state index < -0.39 is 0 Å². The molecule has 1 aliphatic heterocycles. The number of amides is 1. The van der Waals surface area contributed by atoms with Gasteiger partial charge in [-0.05, 0) is 43.6 Å². The fraction of sp³-hybridized carbons (Fsp3) is 0.579. The van der Waals surface area contributed by atoms with Gasteiger partial charge in [0.05, 0.1) is 13.1 Å². The van der Waals surface area contributed by atoms with Crippen LogP contribution in [0.25, 0.3) is 0 Å². The Labute approximate surface area is 188 Å². The molecule has 1 aliphatic rings. The van der Waals surface area contributed by atoms with Gasteiger partial charge in [-0.2, -0.15) is 0 Å². The topological polar surface area (TPSA) is 60.0 Å². The summed E-state index contributed by atoms with van der Waals surface area (Å²) in [6.45, 7) is 4.99. The zero-order valence-corrected chi connectivity index (χ0v) is 20.1. The number of nitrogens with zero attached hydrogens (tertiary/aromatic N) is 3. The van der Waals surface area contributed by atoms with Crippen molar-refractivity contribution in [2.45, 2.75) is 25.8 Å². The number of aliphatic imine (C=N–C) groups is 1. The first-order valence-electron chi connectivity index (χ1n) is 9.24. The standard InChI is InChI=1S/C19H30BrN5O.HI/c1-24(2)18(26)15-23-19(21-10-13-25-11-4-3-5-12-25)22-14-16-6-8-17(20)9-7-16;/h6-9H,3-5,10-15H2,1-2H3,(H2,21,22,23);1H. The molecule has 1 saturated heterocycles. The van der Waals surface area contributed by atoms with Gasteiger partial charge in [-0.3, -0.25) is 4.79 Å². The van der Waals surface area contributed by atoms with E-state index in [1.54, 1.807) is 19.0 Å². The molecule has 0 unspecified atom stereocenters.